The minimum absolute atomic E-state index is 0.0124. The van der Waals surface area contributed by atoms with Crippen molar-refractivity contribution < 1.29 is 4.79 Å². The third kappa shape index (κ3) is 3.20. The van der Waals surface area contributed by atoms with Gasteiger partial charge in [0.2, 0.25) is 0 Å². The summed E-state index contributed by atoms with van der Waals surface area (Å²) in [5.41, 5.74) is 4.95. The second-order valence-electron chi connectivity index (χ2n) is 6.72. The van der Waals surface area contributed by atoms with E-state index < -0.39 is 0 Å². The fourth-order valence-electron chi connectivity index (χ4n) is 3.64. The van der Waals surface area contributed by atoms with E-state index in [1.807, 2.05) is 54.6 Å². The molecular formula is C22H23N3O. The smallest absolute Gasteiger partial charge is 0.252 e. The molecule has 26 heavy (non-hydrogen) atoms. The number of para-hydroxylation sites is 1. The number of aromatic nitrogens is 1. The van der Waals surface area contributed by atoms with Gasteiger partial charge >= 0.3 is 0 Å². The molecule has 0 radical (unpaired) electrons. The number of carbonyl (C=O) groups is 1. The molecule has 1 aliphatic rings. The zero-order chi connectivity index (χ0) is 17.9. The number of rotatable bonds is 4. The lowest BCUT2D eigenvalue weighted by molar-refractivity contribution is 0.0949. The van der Waals surface area contributed by atoms with E-state index in [-0.39, 0.29) is 5.91 Å². The number of likely N-dealkylation sites (N-methyl/N-ethyl adjacent to an activating group) is 1. The SMILES string of the molecule is CCN1CCc2nc3ccccc3c(C(=O)NCc3ccccc3)c2C1. The number of fused-ring (bicyclic) bond motifs is 2. The standard InChI is InChI=1S/C22H23N3O/c1-2-25-13-12-20-18(15-25)21(17-10-6-7-11-19(17)24-20)22(26)23-14-16-8-4-3-5-9-16/h3-11H,2,12-15H2,1H3,(H,23,26). The summed E-state index contributed by atoms with van der Waals surface area (Å²) in [6.45, 7) is 5.46. The third-order valence-corrected chi connectivity index (χ3v) is 5.10. The summed E-state index contributed by atoms with van der Waals surface area (Å²) in [4.78, 5) is 20.3. The number of pyridine rings is 1. The zero-order valence-electron chi connectivity index (χ0n) is 15.0. The molecule has 0 saturated heterocycles. The highest BCUT2D eigenvalue weighted by atomic mass is 16.1. The maximum absolute atomic E-state index is 13.1. The number of hydrogen-bond acceptors (Lipinski definition) is 3. The highest BCUT2D eigenvalue weighted by Crippen LogP contribution is 2.28. The molecule has 132 valence electrons. The van der Waals surface area contributed by atoms with Crippen molar-refractivity contribution in [2.24, 2.45) is 0 Å². The molecule has 0 atom stereocenters. The van der Waals surface area contributed by atoms with Crippen molar-refractivity contribution in [3.8, 4) is 0 Å². The van der Waals surface area contributed by atoms with Crippen LogP contribution < -0.4 is 5.32 Å². The molecule has 2 heterocycles. The summed E-state index contributed by atoms with van der Waals surface area (Å²) in [6, 6.07) is 18.0. The highest BCUT2D eigenvalue weighted by molar-refractivity contribution is 6.07. The van der Waals surface area contributed by atoms with Crippen LogP contribution in [0.2, 0.25) is 0 Å². The van der Waals surface area contributed by atoms with Gasteiger partial charge in [-0.05, 0) is 18.2 Å². The fraction of sp³-hybridized carbons (Fsp3) is 0.273. The van der Waals surface area contributed by atoms with Gasteiger partial charge in [0.05, 0.1) is 11.1 Å². The molecule has 0 saturated carbocycles. The second-order valence-corrected chi connectivity index (χ2v) is 6.72. The Balaban J connectivity index is 1.73. The van der Waals surface area contributed by atoms with Gasteiger partial charge in [0.1, 0.15) is 0 Å². The van der Waals surface area contributed by atoms with E-state index in [1.165, 1.54) is 0 Å². The van der Waals surface area contributed by atoms with Gasteiger partial charge in [0, 0.05) is 42.7 Å². The molecule has 0 unspecified atom stereocenters. The molecule has 4 nitrogen and oxygen atoms in total. The molecular weight excluding hydrogens is 322 g/mol. The molecule has 1 aliphatic heterocycles. The Morgan fingerprint density at radius 2 is 1.88 bits per heavy atom. The van der Waals surface area contributed by atoms with E-state index in [2.05, 4.69) is 17.1 Å². The largest absolute Gasteiger partial charge is 0.348 e. The minimum atomic E-state index is -0.0124. The van der Waals surface area contributed by atoms with E-state index in [0.29, 0.717) is 6.54 Å². The monoisotopic (exact) mass is 345 g/mol. The maximum atomic E-state index is 13.1. The summed E-state index contributed by atoms with van der Waals surface area (Å²) < 4.78 is 0. The lowest BCUT2D eigenvalue weighted by Crippen LogP contribution is -2.34. The van der Waals surface area contributed by atoms with Crippen molar-refractivity contribution in [3.63, 3.8) is 0 Å². The average molecular weight is 345 g/mol. The molecule has 2 aromatic carbocycles. The van der Waals surface area contributed by atoms with Gasteiger partial charge in [-0.25, -0.2) is 0 Å². The minimum Gasteiger partial charge on any atom is -0.348 e. The highest BCUT2D eigenvalue weighted by Gasteiger charge is 2.25. The summed E-state index contributed by atoms with van der Waals surface area (Å²) in [7, 11) is 0. The molecule has 4 heteroatoms. The predicted octanol–water partition coefficient (Wildman–Crippen LogP) is 3.54. The van der Waals surface area contributed by atoms with E-state index in [1.54, 1.807) is 0 Å². The average Bonchev–Trinajstić information content (AvgIpc) is 2.70. The number of nitrogens with zero attached hydrogens (tertiary/aromatic N) is 2. The molecule has 0 fully saturated rings. The van der Waals surface area contributed by atoms with Crippen LogP contribution in [0.3, 0.4) is 0 Å². The molecule has 3 aromatic rings. The number of nitrogens with one attached hydrogen (secondary N) is 1. The molecule has 1 N–H and O–H groups in total. The van der Waals surface area contributed by atoms with Crippen molar-refractivity contribution in [1.82, 2.24) is 15.2 Å². The van der Waals surface area contributed by atoms with E-state index in [4.69, 9.17) is 4.98 Å². The molecule has 4 rings (SSSR count). The van der Waals surface area contributed by atoms with Crippen LogP contribution in [0.15, 0.2) is 54.6 Å². The predicted molar refractivity (Wildman–Crippen MR) is 104 cm³/mol. The topological polar surface area (TPSA) is 45.2 Å². The van der Waals surface area contributed by atoms with Crippen LogP contribution in [-0.2, 0) is 19.5 Å². The molecule has 1 amide bonds. The van der Waals surface area contributed by atoms with Crippen molar-refractivity contribution in [2.45, 2.75) is 26.4 Å². The number of carbonyl (C=O) groups excluding carboxylic acids is 1. The number of amides is 1. The second kappa shape index (κ2) is 7.26. The van der Waals surface area contributed by atoms with E-state index >= 15 is 0 Å². The van der Waals surface area contributed by atoms with Crippen LogP contribution in [0.4, 0.5) is 0 Å². The normalized spacial score (nSPS) is 14.2. The lowest BCUT2D eigenvalue weighted by atomic mass is 9.95. The van der Waals surface area contributed by atoms with Gasteiger partial charge < -0.3 is 5.32 Å². The first-order chi connectivity index (χ1) is 12.8. The molecule has 0 bridgehead atoms. The summed E-state index contributed by atoms with van der Waals surface area (Å²) in [6.07, 6.45) is 0.896. The Morgan fingerprint density at radius 3 is 2.69 bits per heavy atom. The van der Waals surface area contributed by atoms with Gasteiger partial charge in [0.25, 0.3) is 5.91 Å². The lowest BCUT2D eigenvalue weighted by Gasteiger charge is -2.29. The van der Waals surface area contributed by atoms with Gasteiger partial charge in [-0.2, -0.15) is 0 Å². The Morgan fingerprint density at radius 1 is 1.12 bits per heavy atom. The Bertz CT molecular complexity index is 937. The first-order valence-corrected chi connectivity index (χ1v) is 9.21. The first-order valence-electron chi connectivity index (χ1n) is 9.21. The van der Waals surface area contributed by atoms with E-state index in [0.717, 1.165) is 59.3 Å². The first kappa shape index (κ1) is 16.7. The summed E-state index contributed by atoms with van der Waals surface area (Å²) in [5, 5.41) is 4.04. The van der Waals surface area contributed by atoms with Crippen molar-refractivity contribution in [2.75, 3.05) is 13.1 Å². The van der Waals surface area contributed by atoms with Crippen LogP contribution in [0, 0.1) is 0 Å². The van der Waals surface area contributed by atoms with Crippen molar-refractivity contribution in [1.29, 1.82) is 0 Å². The van der Waals surface area contributed by atoms with Crippen LogP contribution in [0.1, 0.15) is 34.1 Å². The van der Waals surface area contributed by atoms with E-state index in [9.17, 15) is 4.79 Å². The third-order valence-electron chi connectivity index (χ3n) is 5.10. The van der Waals surface area contributed by atoms with Gasteiger partial charge in [0.15, 0.2) is 0 Å². The Kier molecular flexibility index (Phi) is 4.67. The van der Waals surface area contributed by atoms with Crippen molar-refractivity contribution in [3.05, 3.63) is 77.0 Å². The van der Waals surface area contributed by atoms with Crippen LogP contribution in [-0.4, -0.2) is 28.9 Å². The van der Waals surface area contributed by atoms with Gasteiger partial charge in [-0.15, -0.1) is 0 Å². The van der Waals surface area contributed by atoms with Gasteiger partial charge in [-0.3, -0.25) is 14.7 Å². The van der Waals surface area contributed by atoms with Crippen LogP contribution in [0.25, 0.3) is 10.9 Å². The Labute approximate surface area is 153 Å². The van der Waals surface area contributed by atoms with Crippen molar-refractivity contribution >= 4 is 16.8 Å². The maximum Gasteiger partial charge on any atom is 0.252 e. The molecule has 0 spiro atoms. The van der Waals surface area contributed by atoms with Crippen LogP contribution >= 0.6 is 0 Å². The molecule has 1 aromatic heterocycles. The molecule has 0 aliphatic carbocycles. The Hall–Kier alpha value is -2.72. The summed E-state index contributed by atoms with van der Waals surface area (Å²) in [5.74, 6) is -0.0124. The van der Waals surface area contributed by atoms with Crippen LogP contribution in [0.5, 0.6) is 0 Å². The summed E-state index contributed by atoms with van der Waals surface area (Å²) >= 11 is 0. The fourth-order valence-corrected chi connectivity index (χ4v) is 3.64. The quantitative estimate of drug-likeness (QED) is 0.787. The number of benzene rings is 2. The van der Waals surface area contributed by atoms with Gasteiger partial charge in [-0.1, -0.05) is 55.5 Å². The zero-order valence-corrected chi connectivity index (χ0v) is 15.0. The number of hydrogen-bond donors (Lipinski definition) is 1.